The third kappa shape index (κ3) is 4.50. The first-order valence-electron chi connectivity index (χ1n) is 7.02. The second-order valence-corrected chi connectivity index (χ2v) is 4.73. The van der Waals surface area contributed by atoms with Crippen molar-refractivity contribution < 1.29 is 19.4 Å². The lowest BCUT2D eigenvalue weighted by molar-refractivity contribution is -0.116. The Morgan fingerprint density at radius 2 is 2.04 bits per heavy atom. The van der Waals surface area contributed by atoms with Gasteiger partial charge in [0, 0.05) is 30.9 Å². The van der Waals surface area contributed by atoms with Crippen LogP contribution in [0.2, 0.25) is 0 Å². The van der Waals surface area contributed by atoms with Gasteiger partial charge in [0.15, 0.2) is 11.5 Å². The molecule has 1 amide bonds. The second kappa shape index (κ2) is 7.88. The van der Waals surface area contributed by atoms with Gasteiger partial charge in [-0.2, -0.15) is 0 Å². The molecule has 0 bridgehead atoms. The molecule has 0 unspecified atom stereocenters. The van der Waals surface area contributed by atoms with Gasteiger partial charge in [0.1, 0.15) is 0 Å². The highest BCUT2D eigenvalue weighted by Gasteiger charge is 2.10. The molecule has 0 saturated carbocycles. The van der Waals surface area contributed by atoms with Crippen LogP contribution in [-0.4, -0.2) is 41.7 Å². The zero-order valence-electron chi connectivity index (χ0n) is 13.0. The summed E-state index contributed by atoms with van der Waals surface area (Å²) in [5.41, 5.74) is 1.64. The fourth-order valence-electron chi connectivity index (χ4n) is 1.98. The monoisotopic (exact) mass is 317 g/mol. The largest absolute Gasteiger partial charge is 0.502 e. The van der Waals surface area contributed by atoms with Gasteiger partial charge in [-0.15, -0.1) is 0 Å². The van der Waals surface area contributed by atoms with Crippen LogP contribution in [0.25, 0.3) is 6.08 Å². The number of H-pyrrole nitrogens is 1. The number of benzene rings is 1. The number of ether oxygens (including phenoxy) is 2. The number of carbonyl (C=O) groups is 1. The Hall–Kier alpha value is -2.96. The quantitative estimate of drug-likeness (QED) is 0.673. The molecule has 1 aromatic carbocycles. The van der Waals surface area contributed by atoms with Gasteiger partial charge < -0.3 is 24.9 Å². The normalized spacial score (nSPS) is 10.7. The summed E-state index contributed by atoms with van der Waals surface area (Å²) in [6.07, 6.45) is 7.04. The van der Waals surface area contributed by atoms with Crippen LogP contribution in [0.1, 0.15) is 11.3 Å². The molecule has 2 aromatic rings. The minimum atomic E-state index is -0.212. The highest BCUT2D eigenvalue weighted by Crippen LogP contribution is 2.37. The smallest absolute Gasteiger partial charge is 0.244 e. The first kappa shape index (κ1) is 16.4. The predicted molar refractivity (Wildman–Crippen MR) is 85.5 cm³/mol. The number of phenols is 1. The van der Waals surface area contributed by atoms with Crippen molar-refractivity contribution in [2.75, 3.05) is 20.8 Å². The molecular formula is C16H19N3O4. The number of hydrogen-bond donors (Lipinski definition) is 3. The van der Waals surface area contributed by atoms with Gasteiger partial charge in [-0.05, 0) is 23.8 Å². The van der Waals surface area contributed by atoms with Gasteiger partial charge in [0.05, 0.1) is 20.5 Å². The number of aromatic hydroxyl groups is 1. The number of carbonyl (C=O) groups excluding carboxylic acids is 1. The lowest BCUT2D eigenvalue weighted by Gasteiger charge is -2.09. The molecule has 0 aliphatic heterocycles. The number of aromatic amines is 1. The molecule has 122 valence electrons. The maximum absolute atomic E-state index is 11.8. The van der Waals surface area contributed by atoms with E-state index in [2.05, 4.69) is 15.3 Å². The van der Waals surface area contributed by atoms with E-state index in [4.69, 9.17) is 9.47 Å². The van der Waals surface area contributed by atoms with Crippen molar-refractivity contribution in [2.45, 2.75) is 6.42 Å². The summed E-state index contributed by atoms with van der Waals surface area (Å²) in [6, 6.07) is 3.23. The van der Waals surface area contributed by atoms with Crippen molar-refractivity contribution in [2.24, 2.45) is 0 Å². The van der Waals surface area contributed by atoms with Crippen LogP contribution in [0.5, 0.6) is 17.2 Å². The van der Waals surface area contributed by atoms with Gasteiger partial charge in [-0.25, -0.2) is 4.98 Å². The van der Waals surface area contributed by atoms with Crippen molar-refractivity contribution in [3.63, 3.8) is 0 Å². The lowest BCUT2D eigenvalue weighted by atomic mass is 10.1. The fraction of sp³-hybridized carbons (Fsp3) is 0.250. The van der Waals surface area contributed by atoms with E-state index < -0.39 is 0 Å². The number of amides is 1. The van der Waals surface area contributed by atoms with E-state index in [1.165, 1.54) is 20.3 Å². The van der Waals surface area contributed by atoms with E-state index >= 15 is 0 Å². The SMILES string of the molecule is COc1cc(/C=C/C(=O)NCCc2cnc[nH]2)cc(OC)c1O. The molecule has 0 radical (unpaired) electrons. The van der Waals surface area contributed by atoms with Crippen LogP contribution in [0.15, 0.2) is 30.7 Å². The molecule has 2 rings (SSSR count). The first-order chi connectivity index (χ1) is 11.1. The van der Waals surface area contributed by atoms with Crippen molar-refractivity contribution in [3.05, 3.63) is 42.0 Å². The third-order valence-electron chi connectivity index (χ3n) is 3.18. The van der Waals surface area contributed by atoms with Gasteiger partial charge in [-0.3, -0.25) is 4.79 Å². The van der Waals surface area contributed by atoms with Crippen LogP contribution in [0.3, 0.4) is 0 Å². The summed E-state index contributed by atoms with van der Waals surface area (Å²) >= 11 is 0. The third-order valence-corrected chi connectivity index (χ3v) is 3.18. The molecule has 7 heteroatoms. The van der Waals surface area contributed by atoms with E-state index in [0.717, 1.165) is 5.69 Å². The number of hydrogen-bond acceptors (Lipinski definition) is 5. The van der Waals surface area contributed by atoms with Crippen molar-refractivity contribution in [1.29, 1.82) is 0 Å². The Balaban J connectivity index is 1.94. The average Bonchev–Trinajstić information content (AvgIpc) is 3.07. The predicted octanol–water partition coefficient (Wildman–Crippen LogP) is 1.50. The summed E-state index contributed by atoms with van der Waals surface area (Å²) in [5.74, 6) is 0.277. The number of nitrogens with one attached hydrogen (secondary N) is 2. The van der Waals surface area contributed by atoms with Crippen LogP contribution >= 0.6 is 0 Å². The number of imidazole rings is 1. The molecule has 23 heavy (non-hydrogen) atoms. The van der Waals surface area contributed by atoms with E-state index in [0.29, 0.717) is 18.5 Å². The van der Waals surface area contributed by atoms with E-state index in [1.54, 1.807) is 30.7 Å². The summed E-state index contributed by atoms with van der Waals surface area (Å²) in [4.78, 5) is 18.7. The van der Waals surface area contributed by atoms with Crippen LogP contribution in [-0.2, 0) is 11.2 Å². The van der Waals surface area contributed by atoms with Gasteiger partial charge in [-0.1, -0.05) is 0 Å². The number of phenolic OH excluding ortho intramolecular Hbond substituents is 1. The van der Waals surface area contributed by atoms with Crippen LogP contribution in [0.4, 0.5) is 0 Å². The number of nitrogens with zero attached hydrogens (tertiary/aromatic N) is 1. The molecular weight excluding hydrogens is 298 g/mol. The molecule has 0 aliphatic rings. The Labute approximate surface area is 134 Å². The first-order valence-corrected chi connectivity index (χ1v) is 7.02. The highest BCUT2D eigenvalue weighted by atomic mass is 16.5. The zero-order valence-corrected chi connectivity index (χ0v) is 13.0. The Morgan fingerprint density at radius 1 is 1.35 bits per heavy atom. The second-order valence-electron chi connectivity index (χ2n) is 4.73. The Kier molecular flexibility index (Phi) is 5.62. The Morgan fingerprint density at radius 3 is 2.61 bits per heavy atom. The lowest BCUT2D eigenvalue weighted by Crippen LogP contribution is -2.23. The van der Waals surface area contributed by atoms with Crippen LogP contribution in [0, 0.1) is 0 Å². The van der Waals surface area contributed by atoms with Gasteiger partial charge >= 0.3 is 0 Å². The molecule has 0 spiro atoms. The number of aromatic nitrogens is 2. The maximum atomic E-state index is 11.8. The fourth-order valence-corrected chi connectivity index (χ4v) is 1.98. The van der Waals surface area contributed by atoms with Crippen molar-refractivity contribution >= 4 is 12.0 Å². The standard InChI is InChI=1S/C16H19N3O4/c1-22-13-7-11(8-14(23-2)16(13)21)3-4-15(20)18-6-5-12-9-17-10-19-12/h3-4,7-10,21H,5-6H2,1-2H3,(H,17,19)(H,18,20)/b4-3+. The average molecular weight is 317 g/mol. The Bertz CT molecular complexity index is 656. The summed E-state index contributed by atoms with van der Waals surface area (Å²) in [7, 11) is 2.90. The van der Waals surface area contributed by atoms with Crippen molar-refractivity contribution in [3.8, 4) is 17.2 Å². The van der Waals surface area contributed by atoms with Crippen LogP contribution < -0.4 is 14.8 Å². The minimum Gasteiger partial charge on any atom is -0.502 e. The van der Waals surface area contributed by atoms with Gasteiger partial charge in [0.2, 0.25) is 11.7 Å². The summed E-state index contributed by atoms with van der Waals surface area (Å²) in [6.45, 7) is 0.508. The highest BCUT2D eigenvalue weighted by molar-refractivity contribution is 5.91. The zero-order chi connectivity index (χ0) is 16.7. The van der Waals surface area contributed by atoms with E-state index in [9.17, 15) is 9.90 Å². The molecule has 3 N–H and O–H groups in total. The van der Waals surface area contributed by atoms with Crippen molar-refractivity contribution in [1.82, 2.24) is 15.3 Å². The molecule has 0 aliphatic carbocycles. The molecule has 1 heterocycles. The molecule has 7 nitrogen and oxygen atoms in total. The number of methoxy groups -OCH3 is 2. The summed E-state index contributed by atoms with van der Waals surface area (Å²) in [5, 5.41) is 12.6. The molecule has 0 atom stereocenters. The molecule has 0 saturated heterocycles. The van der Waals surface area contributed by atoms with E-state index in [-0.39, 0.29) is 23.2 Å². The summed E-state index contributed by atoms with van der Waals surface area (Å²) < 4.78 is 10.1. The molecule has 0 fully saturated rings. The molecule has 1 aromatic heterocycles. The number of rotatable bonds is 7. The van der Waals surface area contributed by atoms with E-state index in [1.807, 2.05) is 0 Å². The minimum absolute atomic E-state index is 0.0730. The topological polar surface area (TPSA) is 96.5 Å². The van der Waals surface area contributed by atoms with Gasteiger partial charge in [0.25, 0.3) is 0 Å². The maximum Gasteiger partial charge on any atom is 0.244 e.